The van der Waals surface area contributed by atoms with E-state index in [0.29, 0.717) is 6.54 Å². The molecule has 0 spiro atoms. The molecule has 1 aliphatic carbocycles. The third-order valence-corrected chi connectivity index (χ3v) is 4.98. The van der Waals surface area contributed by atoms with Crippen LogP contribution in [-0.2, 0) is 9.59 Å². The smallest absolute Gasteiger partial charge is 0.229 e. The Morgan fingerprint density at radius 3 is 2.73 bits per heavy atom. The summed E-state index contributed by atoms with van der Waals surface area (Å²) in [5.74, 6) is 0.398. The monoisotopic (exact) mass is 364 g/mol. The highest BCUT2D eigenvalue weighted by molar-refractivity contribution is 9.10. The van der Waals surface area contributed by atoms with Crippen LogP contribution in [0.5, 0.6) is 0 Å². The first kappa shape index (κ1) is 15.5. The Morgan fingerprint density at radius 1 is 1.23 bits per heavy atom. The maximum atomic E-state index is 12.5. The fourth-order valence-corrected chi connectivity index (χ4v) is 3.30. The zero-order valence-corrected chi connectivity index (χ0v) is 14.4. The van der Waals surface area contributed by atoms with Crippen molar-refractivity contribution in [1.82, 2.24) is 4.90 Å². The summed E-state index contributed by atoms with van der Waals surface area (Å²) in [7, 11) is 0. The van der Waals surface area contributed by atoms with Gasteiger partial charge in [-0.25, -0.2) is 0 Å². The van der Waals surface area contributed by atoms with Gasteiger partial charge < -0.3 is 10.2 Å². The van der Waals surface area contributed by atoms with E-state index in [1.165, 1.54) is 0 Å². The number of nitrogens with one attached hydrogen (secondary N) is 1. The van der Waals surface area contributed by atoms with Crippen LogP contribution in [-0.4, -0.2) is 29.8 Å². The number of amides is 2. The second-order valence-electron chi connectivity index (χ2n) is 6.35. The number of nitrogens with zero attached hydrogens (tertiary/aromatic N) is 1. The van der Waals surface area contributed by atoms with Crippen LogP contribution in [0.25, 0.3) is 0 Å². The van der Waals surface area contributed by atoms with Gasteiger partial charge in [0.15, 0.2) is 0 Å². The first-order valence-corrected chi connectivity index (χ1v) is 8.69. The standard InChI is InChI=1S/C17H21BrN2O2/c1-11-4-7-14(18)9-15(11)19-16(21)13-3-2-8-20(10-13)17(22)12-5-6-12/h4,7,9,12-13H,2-3,5-6,8,10H2,1H3,(H,19,21)/t13-/m1/s1. The lowest BCUT2D eigenvalue weighted by Crippen LogP contribution is -2.44. The molecule has 5 heteroatoms. The van der Waals surface area contributed by atoms with Crippen molar-refractivity contribution < 1.29 is 9.59 Å². The van der Waals surface area contributed by atoms with Gasteiger partial charge in [0.25, 0.3) is 0 Å². The van der Waals surface area contributed by atoms with Crippen molar-refractivity contribution in [3.05, 3.63) is 28.2 Å². The molecule has 1 N–H and O–H groups in total. The molecule has 1 atom stereocenters. The van der Waals surface area contributed by atoms with Gasteiger partial charge in [-0.05, 0) is 50.3 Å². The van der Waals surface area contributed by atoms with Crippen molar-refractivity contribution in [3.8, 4) is 0 Å². The van der Waals surface area contributed by atoms with Gasteiger partial charge in [0.1, 0.15) is 0 Å². The summed E-state index contributed by atoms with van der Waals surface area (Å²) in [6, 6.07) is 5.86. The minimum Gasteiger partial charge on any atom is -0.342 e. The first-order chi connectivity index (χ1) is 10.5. The number of hydrogen-bond acceptors (Lipinski definition) is 2. The number of likely N-dealkylation sites (tertiary alicyclic amines) is 1. The molecule has 0 unspecified atom stereocenters. The molecular weight excluding hydrogens is 344 g/mol. The van der Waals surface area contributed by atoms with E-state index in [-0.39, 0.29) is 23.7 Å². The molecular formula is C17H21BrN2O2. The van der Waals surface area contributed by atoms with Crippen LogP contribution in [0.4, 0.5) is 5.69 Å². The first-order valence-electron chi connectivity index (χ1n) is 7.90. The van der Waals surface area contributed by atoms with Gasteiger partial charge in [-0.2, -0.15) is 0 Å². The predicted octanol–water partition coefficient (Wildman–Crippen LogP) is 3.34. The fourth-order valence-electron chi connectivity index (χ4n) is 2.94. The topological polar surface area (TPSA) is 49.4 Å². The van der Waals surface area contributed by atoms with E-state index in [4.69, 9.17) is 0 Å². The third kappa shape index (κ3) is 3.51. The van der Waals surface area contributed by atoms with Gasteiger partial charge in [0.05, 0.1) is 5.92 Å². The Kier molecular flexibility index (Phi) is 4.52. The summed E-state index contributed by atoms with van der Waals surface area (Å²) in [5.41, 5.74) is 1.88. The molecule has 2 aliphatic rings. The van der Waals surface area contributed by atoms with Crippen molar-refractivity contribution in [2.75, 3.05) is 18.4 Å². The molecule has 118 valence electrons. The molecule has 2 amide bonds. The Balaban J connectivity index is 1.64. The second-order valence-corrected chi connectivity index (χ2v) is 7.26. The number of carbonyl (C=O) groups is 2. The summed E-state index contributed by atoms with van der Waals surface area (Å²) in [6.07, 6.45) is 3.80. The lowest BCUT2D eigenvalue weighted by molar-refractivity contribution is -0.135. The van der Waals surface area contributed by atoms with Crippen LogP contribution >= 0.6 is 15.9 Å². The van der Waals surface area contributed by atoms with Crippen LogP contribution in [0.2, 0.25) is 0 Å². The highest BCUT2D eigenvalue weighted by atomic mass is 79.9. The van der Waals surface area contributed by atoms with E-state index in [1.54, 1.807) is 0 Å². The van der Waals surface area contributed by atoms with Crippen LogP contribution in [0.3, 0.4) is 0 Å². The number of anilines is 1. The second kappa shape index (κ2) is 6.41. The summed E-state index contributed by atoms with van der Waals surface area (Å²) < 4.78 is 0.947. The van der Waals surface area contributed by atoms with Crippen molar-refractivity contribution in [1.29, 1.82) is 0 Å². The maximum Gasteiger partial charge on any atom is 0.229 e. The summed E-state index contributed by atoms with van der Waals surface area (Å²) in [5, 5.41) is 3.02. The lowest BCUT2D eigenvalue weighted by atomic mass is 9.96. The number of aryl methyl sites for hydroxylation is 1. The lowest BCUT2D eigenvalue weighted by Gasteiger charge is -2.32. The SMILES string of the molecule is Cc1ccc(Br)cc1NC(=O)[C@@H]1CCCN(C(=O)C2CC2)C1. The Morgan fingerprint density at radius 2 is 2.00 bits per heavy atom. The molecule has 1 aliphatic heterocycles. The summed E-state index contributed by atoms with van der Waals surface area (Å²) in [6.45, 7) is 3.34. The van der Waals surface area contributed by atoms with Crippen molar-refractivity contribution in [2.45, 2.75) is 32.6 Å². The normalized spacial score (nSPS) is 21.5. The molecule has 0 bridgehead atoms. The van der Waals surface area contributed by atoms with Crippen molar-refractivity contribution in [3.63, 3.8) is 0 Å². The van der Waals surface area contributed by atoms with E-state index in [0.717, 1.165) is 48.0 Å². The van der Waals surface area contributed by atoms with Gasteiger partial charge in [0, 0.05) is 29.2 Å². The molecule has 1 saturated heterocycles. The molecule has 22 heavy (non-hydrogen) atoms. The van der Waals surface area contributed by atoms with Crippen LogP contribution in [0.15, 0.2) is 22.7 Å². The van der Waals surface area contributed by atoms with E-state index in [1.807, 2.05) is 30.0 Å². The van der Waals surface area contributed by atoms with Crippen LogP contribution in [0, 0.1) is 18.8 Å². The average Bonchev–Trinajstić information content (AvgIpc) is 3.35. The molecule has 2 fully saturated rings. The predicted molar refractivity (Wildman–Crippen MR) is 89.5 cm³/mol. The molecule has 1 aromatic carbocycles. The van der Waals surface area contributed by atoms with Gasteiger partial charge in [-0.15, -0.1) is 0 Å². The number of piperidine rings is 1. The van der Waals surface area contributed by atoms with Crippen LogP contribution in [0.1, 0.15) is 31.2 Å². The van der Waals surface area contributed by atoms with Crippen molar-refractivity contribution >= 4 is 33.4 Å². The Labute approximate surface area is 139 Å². The zero-order chi connectivity index (χ0) is 15.7. The van der Waals surface area contributed by atoms with Crippen LogP contribution < -0.4 is 5.32 Å². The number of halogens is 1. The molecule has 0 aromatic heterocycles. The minimum atomic E-state index is -0.102. The van der Waals surface area contributed by atoms with Crippen molar-refractivity contribution in [2.24, 2.45) is 11.8 Å². The molecule has 3 rings (SSSR count). The summed E-state index contributed by atoms with van der Waals surface area (Å²) in [4.78, 5) is 26.6. The average molecular weight is 365 g/mol. The molecule has 1 aromatic rings. The number of rotatable bonds is 3. The number of hydrogen-bond donors (Lipinski definition) is 1. The number of carbonyl (C=O) groups excluding carboxylic acids is 2. The Bertz CT molecular complexity index is 598. The molecule has 1 saturated carbocycles. The molecule has 1 heterocycles. The third-order valence-electron chi connectivity index (χ3n) is 4.49. The minimum absolute atomic E-state index is 0.0227. The zero-order valence-electron chi connectivity index (χ0n) is 12.8. The Hall–Kier alpha value is -1.36. The van der Waals surface area contributed by atoms with E-state index in [2.05, 4.69) is 21.2 Å². The quantitative estimate of drug-likeness (QED) is 0.893. The van der Waals surface area contributed by atoms with Gasteiger partial charge in [-0.1, -0.05) is 22.0 Å². The van der Waals surface area contributed by atoms with Gasteiger partial charge >= 0.3 is 0 Å². The van der Waals surface area contributed by atoms with E-state index in [9.17, 15) is 9.59 Å². The largest absolute Gasteiger partial charge is 0.342 e. The van der Waals surface area contributed by atoms with Gasteiger partial charge in [0.2, 0.25) is 11.8 Å². The molecule has 0 radical (unpaired) electrons. The molecule has 4 nitrogen and oxygen atoms in total. The highest BCUT2D eigenvalue weighted by Gasteiger charge is 2.36. The maximum absolute atomic E-state index is 12.5. The summed E-state index contributed by atoms with van der Waals surface area (Å²) >= 11 is 3.43. The highest BCUT2D eigenvalue weighted by Crippen LogP contribution is 2.32. The van der Waals surface area contributed by atoms with Gasteiger partial charge in [-0.3, -0.25) is 9.59 Å². The fraction of sp³-hybridized carbons (Fsp3) is 0.529. The van der Waals surface area contributed by atoms with E-state index < -0.39 is 0 Å². The van der Waals surface area contributed by atoms with E-state index >= 15 is 0 Å². The number of benzene rings is 1.